The van der Waals surface area contributed by atoms with Gasteiger partial charge in [0.1, 0.15) is 5.82 Å². The number of hydrogen-bond donors (Lipinski definition) is 1. The van der Waals surface area contributed by atoms with Gasteiger partial charge in [0.2, 0.25) is 5.91 Å². The van der Waals surface area contributed by atoms with E-state index in [0.29, 0.717) is 12.2 Å². The van der Waals surface area contributed by atoms with Gasteiger partial charge in [-0.2, -0.15) is 0 Å². The Morgan fingerprint density at radius 3 is 3.06 bits per heavy atom. The summed E-state index contributed by atoms with van der Waals surface area (Å²) in [4.78, 5) is 13.7. The first-order valence-corrected chi connectivity index (χ1v) is 6.42. The van der Waals surface area contributed by atoms with Crippen LogP contribution in [0.2, 0.25) is 0 Å². The standard InChI is InChI=1S/C12H14BrFN2O/c1-2-15-10-5-6-16(12(10)17)11-7-8(14)3-4-9(11)13/h3-4,7,10,15H,2,5-6H2,1H3. The van der Waals surface area contributed by atoms with Gasteiger partial charge < -0.3 is 10.2 Å². The molecule has 0 bridgehead atoms. The molecule has 1 fully saturated rings. The lowest BCUT2D eigenvalue weighted by Crippen LogP contribution is -2.38. The molecule has 1 amide bonds. The molecule has 1 aliphatic heterocycles. The van der Waals surface area contributed by atoms with Crippen molar-refractivity contribution in [2.75, 3.05) is 18.0 Å². The summed E-state index contributed by atoms with van der Waals surface area (Å²) in [5.41, 5.74) is 0.607. The second kappa shape index (κ2) is 5.14. The van der Waals surface area contributed by atoms with Crippen molar-refractivity contribution in [3.05, 3.63) is 28.5 Å². The summed E-state index contributed by atoms with van der Waals surface area (Å²) in [6.45, 7) is 3.35. The van der Waals surface area contributed by atoms with Crippen LogP contribution in [0.25, 0.3) is 0 Å². The minimum atomic E-state index is -0.331. The van der Waals surface area contributed by atoms with Crippen LogP contribution in [0.5, 0.6) is 0 Å². The lowest BCUT2D eigenvalue weighted by molar-refractivity contribution is -0.118. The first-order valence-electron chi connectivity index (χ1n) is 5.63. The third-order valence-corrected chi connectivity index (χ3v) is 3.53. The van der Waals surface area contributed by atoms with Crippen molar-refractivity contribution < 1.29 is 9.18 Å². The normalized spacial score (nSPS) is 20.1. The Labute approximate surface area is 108 Å². The molecule has 0 radical (unpaired) electrons. The van der Waals surface area contributed by atoms with Gasteiger partial charge >= 0.3 is 0 Å². The molecule has 17 heavy (non-hydrogen) atoms. The molecule has 0 spiro atoms. The van der Waals surface area contributed by atoms with Crippen LogP contribution in [-0.2, 0) is 4.79 Å². The predicted molar refractivity (Wildman–Crippen MR) is 68.5 cm³/mol. The van der Waals surface area contributed by atoms with Gasteiger partial charge in [0.15, 0.2) is 0 Å². The van der Waals surface area contributed by atoms with Gasteiger partial charge in [-0.3, -0.25) is 4.79 Å². The van der Waals surface area contributed by atoms with Crippen molar-refractivity contribution in [2.45, 2.75) is 19.4 Å². The van der Waals surface area contributed by atoms with Crippen molar-refractivity contribution in [1.29, 1.82) is 0 Å². The summed E-state index contributed by atoms with van der Waals surface area (Å²) in [7, 11) is 0. The summed E-state index contributed by atoms with van der Waals surface area (Å²) >= 11 is 3.35. The molecule has 1 atom stereocenters. The molecule has 0 aliphatic carbocycles. The summed E-state index contributed by atoms with van der Waals surface area (Å²) in [6.07, 6.45) is 0.760. The highest BCUT2D eigenvalue weighted by molar-refractivity contribution is 9.10. The maximum Gasteiger partial charge on any atom is 0.244 e. The minimum Gasteiger partial charge on any atom is -0.310 e. The van der Waals surface area contributed by atoms with Gasteiger partial charge in [-0.05, 0) is 47.1 Å². The zero-order valence-electron chi connectivity index (χ0n) is 9.54. The summed E-state index contributed by atoms with van der Waals surface area (Å²) in [5.74, 6) is -0.318. The molecule has 2 rings (SSSR count). The van der Waals surface area contributed by atoms with Crippen LogP contribution >= 0.6 is 15.9 Å². The Bertz CT molecular complexity index is 439. The number of likely N-dealkylation sites (N-methyl/N-ethyl adjacent to an activating group) is 1. The molecule has 1 saturated heterocycles. The number of hydrogen-bond acceptors (Lipinski definition) is 2. The fraction of sp³-hybridized carbons (Fsp3) is 0.417. The molecular weight excluding hydrogens is 287 g/mol. The second-order valence-electron chi connectivity index (χ2n) is 3.98. The molecule has 1 aromatic carbocycles. The lowest BCUT2D eigenvalue weighted by atomic mass is 10.2. The second-order valence-corrected chi connectivity index (χ2v) is 4.84. The topological polar surface area (TPSA) is 32.3 Å². The third kappa shape index (κ3) is 2.50. The van der Waals surface area contributed by atoms with Crippen molar-refractivity contribution in [3.63, 3.8) is 0 Å². The Hall–Kier alpha value is -0.940. The van der Waals surface area contributed by atoms with Gasteiger partial charge in [-0.1, -0.05) is 6.92 Å². The van der Waals surface area contributed by atoms with Gasteiger partial charge in [0, 0.05) is 11.0 Å². The van der Waals surface area contributed by atoms with Crippen molar-refractivity contribution in [2.24, 2.45) is 0 Å². The number of carbonyl (C=O) groups is 1. The van der Waals surface area contributed by atoms with Crippen LogP contribution in [0.3, 0.4) is 0 Å². The number of nitrogens with zero attached hydrogens (tertiary/aromatic N) is 1. The molecule has 1 heterocycles. The van der Waals surface area contributed by atoms with E-state index in [1.54, 1.807) is 11.0 Å². The third-order valence-electron chi connectivity index (χ3n) is 2.86. The Kier molecular flexibility index (Phi) is 3.79. The van der Waals surface area contributed by atoms with E-state index < -0.39 is 0 Å². The van der Waals surface area contributed by atoms with E-state index in [2.05, 4.69) is 21.2 Å². The van der Waals surface area contributed by atoms with Gasteiger partial charge in [-0.15, -0.1) is 0 Å². The van der Waals surface area contributed by atoms with Crippen molar-refractivity contribution in [1.82, 2.24) is 5.32 Å². The van der Waals surface area contributed by atoms with E-state index in [9.17, 15) is 9.18 Å². The molecule has 5 heteroatoms. The lowest BCUT2D eigenvalue weighted by Gasteiger charge is -2.18. The molecule has 1 N–H and O–H groups in total. The minimum absolute atomic E-state index is 0.0122. The Morgan fingerprint density at radius 1 is 1.59 bits per heavy atom. The van der Waals surface area contributed by atoms with Crippen molar-refractivity contribution in [3.8, 4) is 0 Å². The number of amides is 1. The Balaban J connectivity index is 2.24. The zero-order valence-corrected chi connectivity index (χ0v) is 11.1. The number of carbonyl (C=O) groups excluding carboxylic acids is 1. The SMILES string of the molecule is CCNC1CCN(c2cc(F)ccc2Br)C1=O. The van der Waals surface area contributed by atoms with Crippen LogP contribution in [-0.4, -0.2) is 25.0 Å². The Morgan fingerprint density at radius 2 is 2.35 bits per heavy atom. The quantitative estimate of drug-likeness (QED) is 0.929. The number of benzene rings is 1. The van der Waals surface area contributed by atoms with Gasteiger partial charge in [0.05, 0.1) is 11.7 Å². The number of anilines is 1. The maximum atomic E-state index is 13.2. The van der Waals surface area contributed by atoms with E-state index in [1.807, 2.05) is 6.92 Å². The molecule has 1 aromatic rings. The van der Waals surface area contributed by atoms with Crippen LogP contribution < -0.4 is 10.2 Å². The molecular formula is C12H14BrFN2O. The van der Waals surface area contributed by atoms with Crippen molar-refractivity contribution >= 4 is 27.5 Å². The molecule has 1 aliphatic rings. The van der Waals surface area contributed by atoms with E-state index in [1.165, 1.54) is 12.1 Å². The van der Waals surface area contributed by atoms with Crippen LogP contribution in [0.15, 0.2) is 22.7 Å². The average molecular weight is 301 g/mol. The van der Waals surface area contributed by atoms with E-state index >= 15 is 0 Å². The first kappa shape index (κ1) is 12.5. The number of rotatable bonds is 3. The van der Waals surface area contributed by atoms with Crippen LogP contribution in [0.4, 0.5) is 10.1 Å². The van der Waals surface area contributed by atoms with E-state index in [-0.39, 0.29) is 17.8 Å². The summed E-state index contributed by atoms with van der Waals surface area (Å²) in [6, 6.07) is 4.24. The summed E-state index contributed by atoms with van der Waals surface area (Å²) in [5, 5.41) is 3.13. The van der Waals surface area contributed by atoms with Gasteiger partial charge in [0.25, 0.3) is 0 Å². The largest absolute Gasteiger partial charge is 0.310 e. The van der Waals surface area contributed by atoms with Gasteiger partial charge in [-0.25, -0.2) is 4.39 Å². The number of nitrogens with one attached hydrogen (secondary N) is 1. The molecule has 92 valence electrons. The van der Waals surface area contributed by atoms with E-state index in [0.717, 1.165) is 17.4 Å². The monoisotopic (exact) mass is 300 g/mol. The highest BCUT2D eigenvalue weighted by Crippen LogP contribution is 2.30. The molecule has 0 aromatic heterocycles. The highest BCUT2D eigenvalue weighted by Gasteiger charge is 2.32. The highest BCUT2D eigenvalue weighted by atomic mass is 79.9. The fourth-order valence-electron chi connectivity index (χ4n) is 2.05. The molecule has 1 unspecified atom stereocenters. The fourth-order valence-corrected chi connectivity index (χ4v) is 2.51. The maximum absolute atomic E-state index is 13.2. The average Bonchev–Trinajstić information content (AvgIpc) is 2.65. The van der Waals surface area contributed by atoms with E-state index in [4.69, 9.17) is 0 Å². The molecule has 0 saturated carbocycles. The summed E-state index contributed by atoms with van der Waals surface area (Å²) < 4.78 is 13.9. The van der Waals surface area contributed by atoms with Crippen LogP contribution in [0, 0.1) is 5.82 Å². The predicted octanol–water partition coefficient (Wildman–Crippen LogP) is 2.30. The first-order chi connectivity index (χ1) is 8.13. The smallest absolute Gasteiger partial charge is 0.244 e. The van der Waals surface area contributed by atoms with Crippen LogP contribution in [0.1, 0.15) is 13.3 Å². The number of halogens is 2. The zero-order chi connectivity index (χ0) is 12.4. The molecule has 3 nitrogen and oxygen atoms in total.